The lowest BCUT2D eigenvalue weighted by molar-refractivity contribution is 0.392. The second-order valence-corrected chi connectivity index (χ2v) is 4.33. The number of benzene rings is 2. The van der Waals surface area contributed by atoms with Gasteiger partial charge in [-0.05, 0) is 41.1 Å². The summed E-state index contributed by atoms with van der Waals surface area (Å²) in [5.41, 5.74) is 0. The number of pyridine rings is 1. The number of ether oxygens (including phenoxy) is 2. The largest absolute Gasteiger partial charge is 0.508 e. The van der Waals surface area contributed by atoms with Gasteiger partial charge in [0.15, 0.2) is 0 Å². The van der Waals surface area contributed by atoms with Gasteiger partial charge in [-0.15, -0.1) is 0 Å². The summed E-state index contributed by atoms with van der Waals surface area (Å²) in [6.45, 7) is 0. The first-order valence-corrected chi connectivity index (χ1v) is 6.15. The van der Waals surface area contributed by atoms with Gasteiger partial charge >= 0.3 is 0 Å². The summed E-state index contributed by atoms with van der Waals surface area (Å²) in [5.74, 6) is 2.08. The lowest BCUT2D eigenvalue weighted by atomic mass is 10.1. The van der Waals surface area contributed by atoms with E-state index in [1.807, 2.05) is 24.3 Å². The number of hydrogen-bond donors (Lipinski definition) is 1. The molecule has 1 aromatic heterocycles. The van der Waals surface area contributed by atoms with Crippen molar-refractivity contribution >= 4 is 10.8 Å². The third-order valence-electron chi connectivity index (χ3n) is 2.95. The monoisotopic (exact) mass is 267 g/mol. The maximum absolute atomic E-state index is 9.51. The molecule has 0 spiro atoms. The highest BCUT2D eigenvalue weighted by Gasteiger charge is 2.02. The number of phenolic OH excluding ortho intramolecular Hbond substituents is 1. The maximum atomic E-state index is 9.51. The molecule has 2 aromatic carbocycles. The molecule has 0 atom stereocenters. The summed E-state index contributed by atoms with van der Waals surface area (Å²) < 4.78 is 10.8. The molecule has 4 heteroatoms. The number of nitrogens with zero attached hydrogens (tertiary/aromatic N) is 1. The Morgan fingerprint density at radius 3 is 2.55 bits per heavy atom. The molecule has 20 heavy (non-hydrogen) atoms. The van der Waals surface area contributed by atoms with Gasteiger partial charge in [0.1, 0.15) is 17.2 Å². The molecule has 0 bridgehead atoms. The van der Waals surface area contributed by atoms with Crippen LogP contribution in [0.5, 0.6) is 23.1 Å². The summed E-state index contributed by atoms with van der Waals surface area (Å²) in [6, 6.07) is 14.4. The van der Waals surface area contributed by atoms with Crippen molar-refractivity contribution in [3.05, 3.63) is 54.7 Å². The standard InChI is InChI=1S/C16H13NO3/c1-19-16-10-15(6-7-17-16)20-14-5-3-11-2-4-13(18)8-12(11)9-14/h2-10,18H,1H3. The van der Waals surface area contributed by atoms with E-state index < -0.39 is 0 Å². The molecular formula is C16H13NO3. The molecule has 1 heterocycles. The number of aromatic nitrogens is 1. The minimum atomic E-state index is 0.236. The number of phenols is 1. The molecule has 0 radical (unpaired) electrons. The Bertz CT molecular complexity index is 756. The van der Waals surface area contributed by atoms with Gasteiger partial charge in [-0.2, -0.15) is 0 Å². The Balaban J connectivity index is 1.93. The highest BCUT2D eigenvalue weighted by molar-refractivity contribution is 5.85. The van der Waals surface area contributed by atoms with Crippen LogP contribution in [0.15, 0.2) is 54.7 Å². The SMILES string of the molecule is COc1cc(Oc2ccc3ccc(O)cc3c2)ccn1. The molecule has 3 rings (SSSR count). The van der Waals surface area contributed by atoms with E-state index in [2.05, 4.69) is 4.98 Å². The van der Waals surface area contributed by atoms with Gasteiger partial charge in [-0.25, -0.2) is 4.98 Å². The Hall–Kier alpha value is -2.75. The Morgan fingerprint density at radius 1 is 0.900 bits per heavy atom. The number of rotatable bonds is 3. The van der Waals surface area contributed by atoms with Gasteiger partial charge in [0.2, 0.25) is 5.88 Å². The van der Waals surface area contributed by atoms with Crippen LogP contribution < -0.4 is 9.47 Å². The van der Waals surface area contributed by atoms with Crippen LogP contribution in [0.4, 0.5) is 0 Å². The molecule has 1 N–H and O–H groups in total. The summed E-state index contributed by atoms with van der Waals surface area (Å²) in [7, 11) is 1.56. The molecule has 4 nitrogen and oxygen atoms in total. The summed E-state index contributed by atoms with van der Waals surface area (Å²) >= 11 is 0. The highest BCUT2D eigenvalue weighted by Crippen LogP contribution is 2.28. The van der Waals surface area contributed by atoms with Gasteiger partial charge in [-0.1, -0.05) is 12.1 Å². The van der Waals surface area contributed by atoms with Crippen LogP contribution in [-0.2, 0) is 0 Å². The average molecular weight is 267 g/mol. The van der Waals surface area contributed by atoms with E-state index in [1.165, 1.54) is 0 Å². The van der Waals surface area contributed by atoms with Gasteiger partial charge in [0, 0.05) is 12.3 Å². The zero-order valence-corrected chi connectivity index (χ0v) is 10.9. The Labute approximate surface area is 116 Å². The minimum Gasteiger partial charge on any atom is -0.508 e. The third kappa shape index (κ3) is 2.49. The summed E-state index contributed by atoms with van der Waals surface area (Å²) in [5, 5.41) is 11.5. The fraction of sp³-hybridized carbons (Fsp3) is 0.0625. The van der Waals surface area contributed by atoms with Crippen LogP contribution in [0.3, 0.4) is 0 Å². The van der Waals surface area contributed by atoms with E-state index >= 15 is 0 Å². The van der Waals surface area contributed by atoms with Crippen LogP contribution in [0, 0.1) is 0 Å². The third-order valence-corrected chi connectivity index (χ3v) is 2.95. The van der Waals surface area contributed by atoms with Crippen molar-refractivity contribution in [2.24, 2.45) is 0 Å². The van der Waals surface area contributed by atoms with E-state index in [0.717, 1.165) is 10.8 Å². The quantitative estimate of drug-likeness (QED) is 0.785. The summed E-state index contributed by atoms with van der Waals surface area (Å²) in [6.07, 6.45) is 1.63. The van der Waals surface area contributed by atoms with Crippen LogP contribution >= 0.6 is 0 Å². The molecule has 0 aliphatic rings. The predicted molar refractivity (Wildman–Crippen MR) is 76.5 cm³/mol. The molecule has 0 saturated heterocycles. The van der Waals surface area contributed by atoms with Crippen molar-refractivity contribution in [2.75, 3.05) is 7.11 Å². The van der Waals surface area contributed by atoms with Crippen molar-refractivity contribution < 1.29 is 14.6 Å². The lowest BCUT2D eigenvalue weighted by Gasteiger charge is -2.08. The molecule has 0 unspecified atom stereocenters. The van der Waals surface area contributed by atoms with E-state index in [-0.39, 0.29) is 5.75 Å². The molecule has 3 aromatic rings. The van der Waals surface area contributed by atoms with E-state index in [4.69, 9.17) is 9.47 Å². The Morgan fingerprint density at radius 2 is 1.70 bits per heavy atom. The second kappa shape index (κ2) is 5.09. The molecule has 0 saturated carbocycles. The molecule has 0 aliphatic carbocycles. The number of methoxy groups -OCH3 is 1. The van der Waals surface area contributed by atoms with Gasteiger partial charge < -0.3 is 14.6 Å². The molecular weight excluding hydrogens is 254 g/mol. The zero-order chi connectivity index (χ0) is 13.9. The van der Waals surface area contributed by atoms with Gasteiger partial charge in [-0.3, -0.25) is 0 Å². The lowest BCUT2D eigenvalue weighted by Crippen LogP contribution is -1.89. The van der Waals surface area contributed by atoms with Crippen molar-refractivity contribution in [2.45, 2.75) is 0 Å². The first-order valence-electron chi connectivity index (χ1n) is 6.15. The van der Waals surface area contributed by atoms with Crippen molar-refractivity contribution in [1.82, 2.24) is 4.98 Å². The van der Waals surface area contributed by atoms with Gasteiger partial charge in [0.25, 0.3) is 0 Å². The van der Waals surface area contributed by atoms with Crippen LogP contribution in [0.1, 0.15) is 0 Å². The first kappa shape index (κ1) is 12.3. The predicted octanol–water partition coefficient (Wildman–Crippen LogP) is 3.74. The van der Waals surface area contributed by atoms with Gasteiger partial charge in [0.05, 0.1) is 7.11 Å². The van der Waals surface area contributed by atoms with Crippen LogP contribution in [0.2, 0.25) is 0 Å². The van der Waals surface area contributed by atoms with Crippen molar-refractivity contribution in [1.29, 1.82) is 0 Å². The minimum absolute atomic E-state index is 0.236. The highest BCUT2D eigenvalue weighted by atomic mass is 16.5. The number of hydrogen-bond acceptors (Lipinski definition) is 4. The van der Waals surface area contributed by atoms with E-state index in [1.54, 1.807) is 37.6 Å². The zero-order valence-electron chi connectivity index (χ0n) is 10.9. The maximum Gasteiger partial charge on any atom is 0.216 e. The normalized spacial score (nSPS) is 10.4. The van der Waals surface area contributed by atoms with Crippen molar-refractivity contribution in [3.63, 3.8) is 0 Å². The van der Waals surface area contributed by atoms with Crippen molar-refractivity contribution in [3.8, 4) is 23.1 Å². The molecule has 0 amide bonds. The van der Waals surface area contributed by atoms with E-state index in [0.29, 0.717) is 17.4 Å². The molecule has 0 aliphatic heterocycles. The second-order valence-electron chi connectivity index (χ2n) is 4.33. The molecule has 100 valence electrons. The smallest absolute Gasteiger partial charge is 0.216 e. The topological polar surface area (TPSA) is 51.6 Å². The number of aromatic hydroxyl groups is 1. The Kier molecular flexibility index (Phi) is 3.13. The first-order chi connectivity index (χ1) is 9.74. The van der Waals surface area contributed by atoms with Crippen LogP contribution in [-0.4, -0.2) is 17.2 Å². The van der Waals surface area contributed by atoms with E-state index in [9.17, 15) is 5.11 Å². The fourth-order valence-corrected chi connectivity index (χ4v) is 1.98. The van der Waals surface area contributed by atoms with Crippen LogP contribution in [0.25, 0.3) is 10.8 Å². The fourth-order valence-electron chi connectivity index (χ4n) is 1.98. The molecule has 0 fully saturated rings. The summed E-state index contributed by atoms with van der Waals surface area (Å²) in [4.78, 5) is 4.03. The average Bonchev–Trinajstić information content (AvgIpc) is 2.47. The number of fused-ring (bicyclic) bond motifs is 1.